The average Bonchev–Trinajstić information content (AvgIpc) is 3.03. The normalized spacial score (nSPS) is 10.4. The molecule has 0 aliphatic carbocycles. The zero-order valence-electron chi connectivity index (χ0n) is 13.9. The topological polar surface area (TPSA) is 86.2 Å². The summed E-state index contributed by atoms with van der Waals surface area (Å²) < 4.78 is 15.8. The van der Waals surface area contributed by atoms with Gasteiger partial charge in [-0.3, -0.25) is 9.78 Å². The molecule has 0 saturated carbocycles. The van der Waals surface area contributed by atoms with Gasteiger partial charge in [-0.25, -0.2) is 0 Å². The van der Waals surface area contributed by atoms with Crippen LogP contribution in [0.5, 0.6) is 22.4 Å². The summed E-state index contributed by atoms with van der Waals surface area (Å²) in [5, 5.41) is 3.01. The Morgan fingerprint density at radius 3 is 2.60 bits per heavy atom. The lowest BCUT2D eigenvalue weighted by molar-refractivity contribution is 0.0958. The number of hydrogen-bond acceptors (Lipinski definition) is 7. The van der Waals surface area contributed by atoms with Crippen molar-refractivity contribution >= 4 is 17.4 Å². The highest BCUT2D eigenvalue weighted by molar-refractivity contribution is 7.07. The monoisotopic (exact) mass is 356 g/mol. The van der Waals surface area contributed by atoms with Crippen LogP contribution < -0.4 is 14.8 Å². The van der Waals surface area contributed by atoms with E-state index in [0.29, 0.717) is 28.3 Å². The molecule has 8 heteroatoms. The third kappa shape index (κ3) is 3.92. The predicted octanol–water partition coefficient (Wildman–Crippen LogP) is 3.49. The summed E-state index contributed by atoms with van der Waals surface area (Å²) in [7, 11) is 1.55. The molecule has 3 rings (SSSR count). The number of hydrogen-bond donors (Lipinski definition) is 1. The second-order valence-corrected chi connectivity index (χ2v) is 5.86. The van der Waals surface area contributed by atoms with E-state index in [2.05, 4.69) is 19.7 Å². The van der Waals surface area contributed by atoms with Gasteiger partial charge in [-0.05, 0) is 32.0 Å². The summed E-state index contributed by atoms with van der Waals surface area (Å²) in [5.74, 6) is 2.16. The number of rotatable bonds is 5. The Morgan fingerprint density at radius 1 is 1.16 bits per heavy atom. The Hall–Kier alpha value is -3.00. The first-order valence-corrected chi connectivity index (χ1v) is 8.28. The summed E-state index contributed by atoms with van der Waals surface area (Å²) in [6.07, 6.45) is 1.53. The van der Waals surface area contributed by atoms with Crippen LogP contribution in [0.2, 0.25) is 0 Å². The van der Waals surface area contributed by atoms with Gasteiger partial charge in [0.05, 0.1) is 0 Å². The predicted molar refractivity (Wildman–Crippen MR) is 93.6 cm³/mol. The first-order chi connectivity index (χ1) is 12.1. The molecular weight excluding hydrogens is 340 g/mol. The maximum atomic E-state index is 11.7. The molecule has 0 radical (unpaired) electrons. The van der Waals surface area contributed by atoms with E-state index in [1.807, 2.05) is 32.0 Å². The number of aromatic nitrogens is 3. The molecule has 1 amide bonds. The van der Waals surface area contributed by atoms with Gasteiger partial charge in [0, 0.05) is 36.4 Å². The highest BCUT2D eigenvalue weighted by Crippen LogP contribution is 2.34. The Labute approximate surface area is 148 Å². The van der Waals surface area contributed by atoms with Crippen LogP contribution in [0.25, 0.3) is 0 Å². The van der Waals surface area contributed by atoms with Crippen LogP contribution in [0.4, 0.5) is 0 Å². The van der Waals surface area contributed by atoms with Crippen molar-refractivity contribution in [3.05, 3.63) is 53.6 Å². The van der Waals surface area contributed by atoms with Gasteiger partial charge in [-0.2, -0.15) is 9.36 Å². The Kier molecular flexibility index (Phi) is 4.90. The molecule has 3 aromatic rings. The van der Waals surface area contributed by atoms with Crippen molar-refractivity contribution in [1.29, 1.82) is 0 Å². The van der Waals surface area contributed by atoms with Crippen LogP contribution in [-0.2, 0) is 0 Å². The minimum Gasteiger partial charge on any atom is -0.457 e. The summed E-state index contributed by atoms with van der Waals surface area (Å²) in [4.78, 5) is 19.9. The second-order valence-electron chi connectivity index (χ2n) is 5.15. The fourth-order valence-corrected chi connectivity index (χ4v) is 2.63. The molecule has 0 unspecified atom stereocenters. The second kappa shape index (κ2) is 7.27. The van der Waals surface area contributed by atoms with Crippen molar-refractivity contribution in [3.8, 4) is 22.4 Å². The molecule has 0 fully saturated rings. The van der Waals surface area contributed by atoms with E-state index in [-0.39, 0.29) is 11.6 Å². The van der Waals surface area contributed by atoms with Crippen molar-refractivity contribution in [2.45, 2.75) is 13.8 Å². The molecule has 0 atom stereocenters. The fraction of sp³-hybridized carbons (Fsp3) is 0.176. The van der Waals surface area contributed by atoms with Crippen molar-refractivity contribution in [2.24, 2.45) is 0 Å². The molecule has 128 valence electrons. The molecule has 0 saturated heterocycles. The molecule has 7 nitrogen and oxygen atoms in total. The first kappa shape index (κ1) is 16.8. The van der Waals surface area contributed by atoms with E-state index < -0.39 is 0 Å². The summed E-state index contributed by atoms with van der Waals surface area (Å²) >= 11 is 1.19. The minimum absolute atomic E-state index is 0.272. The van der Waals surface area contributed by atoms with E-state index in [9.17, 15) is 4.79 Å². The lowest BCUT2D eigenvalue weighted by atomic mass is 10.2. The average molecular weight is 356 g/mol. The van der Waals surface area contributed by atoms with Gasteiger partial charge in [0.15, 0.2) is 0 Å². The Morgan fingerprint density at radius 2 is 1.92 bits per heavy atom. The van der Waals surface area contributed by atoms with Crippen LogP contribution in [0.1, 0.15) is 21.9 Å². The highest BCUT2D eigenvalue weighted by Gasteiger charge is 2.12. The summed E-state index contributed by atoms with van der Waals surface area (Å²) in [6, 6.07) is 8.76. The summed E-state index contributed by atoms with van der Waals surface area (Å²) in [6.45, 7) is 3.70. The molecule has 2 aromatic heterocycles. The smallest absolute Gasteiger partial charge is 0.298 e. The Balaban J connectivity index is 1.83. The molecule has 25 heavy (non-hydrogen) atoms. The van der Waals surface area contributed by atoms with Crippen molar-refractivity contribution in [2.75, 3.05) is 7.05 Å². The molecule has 1 N–H and O–H groups in total. The maximum Gasteiger partial charge on any atom is 0.298 e. The lowest BCUT2D eigenvalue weighted by Gasteiger charge is -2.12. The molecular formula is C17H16N4O3S. The van der Waals surface area contributed by atoms with Gasteiger partial charge in [0.25, 0.3) is 11.1 Å². The van der Waals surface area contributed by atoms with Crippen molar-refractivity contribution in [3.63, 3.8) is 0 Å². The van der Waals surface area contributed by atoms with Crippen molar-refractivity contribution in [1.82, 2.24) is 19.7 Å². The van der Waals surface area contributed by atoms with Crippen molar-refractivity contribution < 1.29 is 14.3 Å². The van der Waals surface area contributed by atoms with Gasteiger partial charge in [0.1, 0.15) is 28.8 Å². The van der Waals surface area contributed by atoms with Crippen LogP contribution >= 0.6 is 11.5 Å². The largest absolute Gasteiger partial charge is 0.457 e. The van der Waals surface area contributed by atoms with E-state index in [0.717, 1.165) is 5.56 Å². The van der Waals surface area contributed by atoms with Gasteiger partial charge >= 0.3 is 0 Å². The number of carbonyl (C=O) groups excluding carboxylic acids is 1. The molecule has 0 bridgehead atoms. The number of nitrogens with zero attached hydrogens (tertiary/aromatic N) is 3. The number of amides is 1. The molecule has 0 spiro atoms. The SMILES string of the molecule is CNC(=O)c1cc(Oc2cccc(Oc3nc(C)ns3)c2C)ccn1. The number of ether oxygens (including phenoxy) is 2. The first-order valence-electron chi connectivity index (χ1n) is 7.50. The van der Waals surface area contributed by atoms with Crippen LogP contribution in [0.3, 0.4) is 0 Å². The van der Waals surface area contributed by atoms with E-state index >= 15 is 0 Å². The van der Waals surface area contributed by atoms with Gasteiger partial charge in [-0.1, -0.05) is 6.07 Å². The van der Waals surface area contributed by atoms with E-state index in [1.54, 1.807) is 19.2 Å². The van der Waals surface area contributed by atoms with Gasteiger partial charge in [-0.15, -0.1) is 0 Å². The number of aryl methyl sites for hydroxylation is 1. The zero-order valence-corrected chi connectivity index (χ0v) is 14.8. The Bertz CT molecular complexity index is 910. The van der Waals surface area contributed by atoms with Gasteiger partial charge < -0.3 is 14.8 Å². The third-order valence-electron chi connectivity index (χ3n) is 3.36. The lowest BCUT2D eigenvalue weighted by Crippen LogP contribution is -2.18. The third-order valence-corrected chi connectivity index (χ3v) is 4.05. The molecule has 1 aromatic carbocycles. The quantitative estimate of drug-likeness (QED) is 0.753. The van der Waals surface area contributed by atoms with Gasteiger partial charge in [0.2, 0.25) is 0 Å². The van der Waals surface area contributed by atoms with Crippen LogP contribution in [-0.4, -0.2) is 27.3 Å². The van der Waals surface area contributed by atoms with E-state index in [1.165, 1.54) is 17.7 Å². The maximum absolute atomic E-state index is 11.7. The number of benzene rings is 1. The minimum atomic E-state index is -0.272. The van der Waals surface area contributed by atoms with E-state index in [4.69, 9.17) is 9.47 Å². The molecule has 2 heterocycles. The number of nitrogens with one attached hydrogen (secondary N) is 1. The molecule has 0 aliphatic heterocycles. The fourth-order valence-electron chi connectivity index (χ4n) is 2.08. The highest BCUT2D eigenvalue weighted by atomic mass is 32.1. The number of carbonyl (C=O) groups is 1. The zero-order chi connectivity index (χ0) is 17.8. The standard InChI is InChI=1S/C17H16N4O3S/c1-10-14(23-12-7-8-19-13(9-12)16(22)18-3)5-4-6-15(10)24-17-20-11(2)21-25-17/h4-9H,1-3H3,(H,18,22). The van der Waals surface area contributed by atoms with Crippen LogP contribution in [0.15, 0.2) is 36.5 Å². The van der Waals surface area contributed by atoms with Crippen LogP contribution in [0, 0.1) is 13.8 Å². The number of pyridine rings is 1. The molecule has 0 aliphatic rings. The summed E-state index contributed by atoms with van der Waals surface area (Å²) in [5.41, 5.74) is 1.10.